The molecule has 0 radical (unpaired) electrons. The van der Waals surface area contributed by atoms with E-state index in [1.165, 1.54) is 21.8 Å². The van der Waals surface area contributed by atoms with Crippen LogP contribution in [-0.2, 0) is 10.0 Å². The van der Waals surface area contributed by atoms with Crippen LogP contribution >= 0.6 is 23.6 Å². The van der Waals surface area contributed by atoms with Gasteiger partial charge in [0.15, 0.2) is 4.21 Å². The lowest BCUT2D eigenvalue weighted by Crippen LogP contribution is -2.38. The normalized spacial score (nSPS) is 12.3. The molecule has 5 nitrogen and oxygen atoms in total. The molecule has 2 N–H and O–H groups in total. The van der Waals surface area contributed by atoms with Gasteiger partial charge in [0.1, 0.15) is 0 Å². The Morgan fingerprint density at radius 3 is 2.61 bits per heavy atom. The van der Waals surface area contributed by atoms with E-state index in [0.29, 0.717) is 18.0 Å². The fraction of sp³-hybridized carbons (Fsp3) is 0.600. The summed E-state index contributed by atoms with van der Waals surface area (Å²) in [5, 5.41) is 0.728. The molecule has 0 fully saturated rings. The number of hydrogen-bond donors (Lipinski definition) is 1. The van der Waals surface area contributed by atoms with Crippen LogP contribution in [-0.4, -0.2) is 35.3 Å². The minimum atomic E-state index is -3.50. The molecule has 0 aliphatic rings. The van der Waals surface area contributed by atoms with Crippen molar-refractivity contribution in [2.45, 2.75) is 37.4 Å². The molecule has 0 bridgehead atoms. The standard InChI is InChI=1S/C10H17N3O2S3/c1-7(2)13(5-4-9(11)16)18(14,15)10-6-12-8(3)17-10/h6-7H,4-5H2,1-3H3,(H2,11,16). The number of nitrogens with two attached hydrogens (primary N) is 1. The van der Waals surface area contributed by atoms with Gasteiger partial charge in [0.2, 0.25) is 0 Å². The van der Waals surface area contributed by atoms with E-state index < -0.39 is 10.0 Å². The summed E-state index contributed by atoms with van der Waals surface area (Å²) < 4.78 is 26.5. The molecular weight excluding hydrogens is 290 g/mol. The third-order valence-electron chi connectivity index (χ3n) is 2.32. The minimum Gasteiger partial charge on any atom is -0.393 e. The van der Waals surface area contributed by atoms with E-state index in [9.17, 15) is 8.42 Å². The second kappa shape index (κ2) is 6.05. The SMILES string of the molecule is Cc1ncc(S(=O)(=O)N(CCC(N)=S)C(C)C)s1. The molecule has 0 unspecified atom stereocenters. The van der Waals surface area contributed by atoms with E-state index in [1.54, 1.807) is 6.92 Å². The molecule has 1 rings (SSSR count). The third kappa shape index (κ3) is 3.71. The van der Waals surface area contributed by atoms with Gasteiger partial charge < -0.3 is 5.73 Å². The first-order valence-electron chi connectivity index (χ1n) is 5.47. The fourth-order valence-electron chi connectivity index (χ4n) is 1.45. The largest absolute Gasteiger partial charge is 0.393 e. The van der Waals surface area contributed by atoms with Crippen LogP contribution in [0.25, 0.3) is 0 Å². The average Bonchev–Trinajstić information content (AvgIpc) is 2.64. The van der Waals surface area contributed by atoms with Crippen LogP contribution in [0.5, 0.6) is 0 Å². The zero-order chi connectivity index (χ0) is 13.9. The highest BCUT2D eigenvalue weighted by molar-refractivity contribution is 7.91. The minimum absolute atomic E-state index is 0.147. The molecule has 0 aliphatic carbocycles. The molecule has 0 saturated heterocycles. The number of aromatic nitrogens is 1. The molecular formula is C10H17N3O2S3. The van der Waals surface area contributed by atoms with Crippen molar-refractivity contribution in [1.29, 1.82) is 0 Å². The zero-order valence-electron chi connectivity index (χ0n) is 10.6. The van der Waals surface area contributed by atoms with Crippen molar-refractivity contribution in [3.8, 4) is 0 Å². The van der Waals surface area contributed by atoms with E-state index in [1.807, 2.05) is 13.8 Å². The number of hydrogen-bond acceptors (Lipinski definition) is 5. The van der Waals surface area contributed by atoms with E-state index in [-0.39, 0.29) is 10.3 Å². The van der Waals surface area contributed by atoms with Gasteiger partial charge in [-0.3, -0.25) is 0 Å². The lowest BCUT2D eigenvalue weighted by Gasteiger charge is -2.24. The van der Waals surface area contributed by atoms with Crippen molar-refractivity contribution in [3.05, 3.63) is 11.2 Å². The molecule has 0 aliphatic heterocycles. The van der Waals surface area contributed by atoms with Gasteiger partial charge in [0.05, 0.1) is 16.2 Å². The summed E-state index contributed by atoms with van der Waals surface area (Å²) in [6.45, 7) is 5.72. The second-order valence-electron chi connectivity index (χ2n) is 4.12. The van der Waals surface area contributed by atoms with Crippen LogP contribution < -0.4 is 5.73 Å². The van der Waals surface area contributed by atoms with Crippen molar-refractivity contribution in [2.24, 2.45) is 5.73 Å². The molecule has 0 saturated carbocycles. The maximum atomic E-state index is 12.4. The zero-order valence-corrected chi connectivity index (χ0v) is 13.0. The van der Waals surface area contributed by atoms with Crippen LogP contribution in [0.2, 0.25) is 0 Å². The van der Waals surface area contributed by atoms with Gasteiger partial charge in [0, 0.05) is 19.0 Å². The lowest BCUT2D eigenvalue weighted by atomic mass is 10.3. The first-order chi connectivity index (χ1) is 8.25. The molecule has 1 aromatic rings. The monoisotopic (exact) mass is 307 g/mol. The number of thiocarbonyl (C=S) groups is 1. The molecule has 102 valence electrons. The van der Waals surface area contributed by atoms with Gasteiger partial charge in [-0.15, -0.1) is 11.3 Å². The Labute approximate surface area is 117 Å². The Morgan fingerprint density at radius 2 is 2.22 bits per heavy atom. The van der Waals surface area contributed by atoms with E-state index in [4.69, 9.17) is 18.0 Å². The summed E-state index contributed by atoms with van der Waals surface area (Å²) >= 11 is 5.96. The van der Waals surface area contributed by atoms with Crippen LogP contribution in [0, 0.1) is 6.92 Å². The first kappa shape index (κ1) is 15.5. The van der Waals surface area contributed by atoms with Crippen molar-refractivity contribution in [3.63, 3.8) is 0 Å². The smallest absolute Gasteiger partial charge is 0.254 e. The Morgan fingerprint density at radius 1 is 1.61 bits per heavy atom. The Kier molecular flexibility index (Phi) is 5.20. The Hall–Kier alpha value is -0.570. The third-order valence-corrected chi connectivity index (χ3v) is 5.95. The predicted molar refractivity (Wildman–Crippen MR) is 77.3 cm³/mol. The molecule has 1 heterocycles. The van der Waals surface area contributed by atoms with Crippen LogP contribution in [0.4, 0.5) is 0 Å². The van der Waals surface area contributed by atoms with Crippen LogP contribution in [0.15, 0.2) is 10.4 Å². The average molecular weight is 307 g/mol. The van der Waals surface area contributed by atoms with E-state index in [2.05, 4.69) is 4.98 Å². The number of sulfonamides is 1. The summed E-state index contributed by atoms with van der Waals surface area (Å²) in [6.07, 6.45) is 1.77. The highest BCUT2D eigenvalue weighted by Gasteiger charge is 2.28. The molecule has 0 spiro atoms. The fourth-order valence-corrected chi connectivity index (χ4v) is 4.42. The van der Waals surface area contributed by atoms with Gasteiger partial charge in [0.25, 0.3) is 10.0 Å². The van der Waals surface area contributed by atoms with Gasteiger partial charge in [-0.1, -0.05) is 12.2 Å². The van der Waals surface area contributed by atoms with Gasteiger partial charge in [-0.25, -0.2) is 13.4 Å². The van der Waals surface area contributed by atoms with Crippen LogP contribution in [0.3, 0.4) is 0 Å². The molecule has 0 amide bonds. The summed E-state index contributed by atoms with van der Waals surface area (Å²) in [5.74, 6) is 0. The topological polar surface area (TPSA) is 76.3 Å². The van der Waals surface area contributed by atoms with Crippen molar-refractivity contribution >= 4 is 38.6 Å². The highest BCUT2D eigenvalue weighted by atomic mass is 32.2. The summed E-state index contributed by atoms with van der Waals surface area (Å²) in [6, 6.07) is -0.147. The maximum absolute atomic E-state index is 12.4. The molecule has 0 atom stereocenters. The maximum Gasteiger partial charge on any atom is 0.254 e. The number of thiazole rings is 1. The quantitative estimate of drug-likeness (QED) is 0.807. The van der Waals surface area contributed by atoms with Gasteiger partial charge in [-0.2, -0.15) is 4.31 Å². The summed E-state index contributed by atoms with van der Waals surface area (Å²) in [5.41, 5.74) is 5.43. The lowest BCUT2D eigenvalue weighted by molar-refractivity contribution is 0.363. The van der Waals surface area contributed by atoms with Gasteiger partial charge in [-0.05, 0) is 20.8 Å². The second-order valence-corrected chi connectivity index (χ2v) is 8.00. The number of aryl methyl sites for hydroxylation is 1. The van der Waals surface area contributed by atoms with Crippen molar-refractivity contribution in [2.75, 3.05) is 6.54 Å². The van der Waals surface area contributed by atoms with E-state index in [0.717, 1.165) is 5.01 Å². The summed E-state index contributed by atoms with van der Waals surface area (Å²) in [7, 11) is -3.50. The first-order valence-corrected chi connectivity index (χ1v) is 8.14. The molecule has 0 aromatic carbocycles. The molecule has 8 heteroatoms. The van der Waals surface area contributed by atoms with Crippen molar-refractivity contribution < 1.29 is 8.42 Å². The number of nitrogens with zero attached hydrogens (tertiary/aromatic N) is 2. The van der Waals surface area contributed by atoms with Crippen LogP contribution in [0.1, 0.15) is 25.3 Å². The van der Waals surface area contributed by atoms with Crippen molar-refractivity contribution in [1.82, 2.24) is 9.29 Å². The number of rotatable bonds is 6. The summed E-state index contributed by atoms with van der Waals surface area (Å²) in [4.78, 5) is 4.30. The molecule has 1 aromatic heterocycles. The molecule has 18 heavy (non-hydrogen) atoms. The Balaban J connectivity index is 3.01. The van der Waals surface area contributed by atoms with Gasteiger partial charge >= 0.3 is 0 Å². The van der Waals surface area contributed by atoms with E-state index >= 15 is 0 Å². The predicted octanol–water partition coefficient (Wildman–Crippen LogP) is 1.53. The highest BCUT2D eigenvalue weighted by Crippen LogP contribution is 2.23. The Bertz CT molecular complexity index is 522.